The topological polar surface area (TPSA) is 111 Å². The highest BCUT2D eigenvalue weighted by Crippen LogP contribution is 2.26. The van der Waals surface area contributed by atoms with E-state index in [1.165, 1.54) is 10.5 Å². The molecule has 8 nitrogen and oxygen atoms in total. The molecule has 1 amide bonds. The fourth-order valence-electron chi connectivity index (χ4n) is 4.67. The van der Waals surface area contributed by atoms with Gasteiger partial charge in [0, 0.05) is 61.9 Å². The van der Waals surface area contributed by atoms with Gasteiger partial charge in [0.1, 0.15) is 0 Å². The number of carbonyl (C=O) groups is 1. The van der Waals surface area contributed by atoms with Gasteiger partial charge in [0.2, 0.25) is 10.0 Å². The Labute approximate surface area is 226 Å². The maximum Gasteiger partial charge on any atom is 0.253 e. The van der Waals surface area contributed by atoms with Crippen molar-refractivity contribution in [3.8, 4) is 11.1 Å². The lowest BCUT2D eigenvalue weighted by molar-refractivity contribution is -0.613. The van der Waals surface area contributed by atoms with E-state index in [0.29, 0.717) is 42.3 Å². The Balaban J connectivity index is 1.25. The van der Waals surface area contributed by atoms with Gasteiger partial charge in [-0.25, -0.2) is 8.42 Å². The third-order valence-corrected chi connectivity index (χ3v) is 8.93. The zero-order chi connectivity index (χ0) is 26.9. The van der Waals surface area contributed by atoms with Crippen LogP contribution >= 0.6 is 11.6 Å². The average molecular weight is 551 g/mol. The zero-order valence-corrected chi connectivity index (χ0v) is 22.2. The second-order valence-electron chi connectivity index (χ2n) is 9.20. The van der Waals surface area contributed by atoms with Crippen molar-refractivity contribution in [2.75, 3.05) is 32.7 Å². The van der Waals surface area contributed by atoms with Crippen LogP contribution < -0.4 is 10.5 Å². The van der Waals surface area contributed by atoms with Crippen LogP contribution in [-0.2, 0) is 16.4 Å². The molecule has 1 aliphatic heterocycles. The predicted octanol–water partition coefficient (Wildman–Crippen LogP) is 3.44. The molecule has 3 aromatic carbocycles. The van der Waals surface area contributed by atoms with E-state index in [4.69, 9.17) is 17.3 Å². The highest BCUT2D eigenvalue weighted by molar-refractivity contribution is 7.89. The van der Waals surface area contributed by atoms with Gasteiger partial charge in [-0.1, -0.05) is 35.9 Å². The number of sulfonamides is 1. The first-order valence-electron chi connectivity index (χ1n) is 12.3. The fraction of sp³-hybridized carbons (Fsp3) is 0.214. The maximum atomic E-state index is 13.3. The molecule has 0 unspecified atom stereocenters. The Bertz CT molecular complexity index is 1600. The van der Waals surface area contributed by atoms with Gasteiger partial charge < -0.3 is 15.8 Å². The van der Waals surface area contributed by atoms with Gasteiger partial charge in [0.15, 0.2) is 11.9 Å². The van der Waals surface area contributed by atoms with Crippen LogP contribution in [0.4, 0.5) is 0 Å². The van der Waals surface area contributed by atoms with Crippen molar-refractivity contribution in [2.24, 2.45) is 5.73 Å². The summed E-state index contributed by atoms with van der Waals surface area (Å²) < 4.78 is 28.8. The number of piperazine rings is 1. The molecule has 1 fully saturated rings. The molecule has 10 heteroatoms. The number of benzene rings is 3. The average Bonchev–Trinajstić information content (AvgIpc) is 2.94. The van der Waals surface area contributed by atoms with Crippen LogP contribution in [0.15, 0.2) is 83.9 Å². The normalized spacial score (nSPS) is 14.6. The van der Waals surface area contributed by atoms with Gasteiger partial charge >= 0.3 is 0 Å². The number of amides is 1. The SMILES string of the molecule is NCCc1cc(-c2ccc(C(=O)N3CCN(S(=O)(=O)c4ccc5cc(Cl)ccc5c4)CC3)cc2)cc[n+]1[O-]. The minimum Gasteiger partial charge on any atom is -0.619 e. The number of carbonyl (C=O) groups excluding carboxylic acids is 1. The second-order valence-corrected chi connectivity index (χ2v) is 11.6. The van der Waals surface area contributed by atoms with Crippen LogP contribution in [0.25, 0.3) is 21.9 Å². The van der Waals surface area contributed by atoms with Crippen molar-refractivity contribution >= 4 is 38.3 Å². The molecule has 1 aromatic heterocycles. The first-order chi connectivity index (χ1) is 18.3. The number of nitrogens with zero attached hydrogens (tertiary/aromatic N) is 3. The quantitative estimate of drug-likeness (QED) is 0.292. The van der Waals surface area contributed by atoms with E-state index in [9.17, 15) is 18.4 Å². The van der Waals surface area contributed by atoms with Crippen LogP contribution in [0.5, 0.6) is 0 Å². The smallest absolute Gasteiger partial charge is 0.253 e. The number of rotatable bonds is 6. The van der Waals surface area contributed by atoms with Crippen molar-refractivity contribution in [2.45, 2.75) is 11.3 Å². The third kappa shape index (κ3) is 5.23. The Hall–Kier alpha value is -3.50. The lowest BCUT2D eigenvalue weighted by Gasteiger charge is -2.34. The lowest BCUT2D eigenvalue weighted by Crippen LogP contribution is -2.50. The largest absolute Gasteiger partial charge is 0.619 e. The van der Waals surface area contributed by atoms with E-state index >= 15 is 0 Å². The number of pyridine rings is 1. The number of fused-ring (bicyclic) bond motifs is 1. The van der Waals surface area contributed by atoms with Gasteiger partial charge in [-0.3, -0.25) is 4.79 Å². The highest BCUT2D eigenvalue weighted by atomic mass is 35.5. The van der Waals surface area contributed by atoms with Gasteiger partial charge in [0.05, 0.1) is 4.90 Å². The zero-order valence-electron chi connectivity index (χ0n) is 20.6. The van der Waals surface area contributed by atoms with E-state index in [1.807, 2.05) is 12.1 Å². The summed E-state index contributed by atoms with van der Waals surface area (Å²) in [5, 5.41) is 14.2. The van der Waals surface area contributed by atoms with Crippen molar-refractivity contribution in [1.29, 1.82) is 0 Å². The molecule has 1 saturated heterocycles. The predicted molar refractivity (Wildman–Crippen MR) is 147 cm³/mol. The minimum absolute atomic E-state index is 0.148. The van der Waals surface area contributed by atoms with Crippen molar-refractivity contribution in [3.63, 3.8) is 0 Å². The van der Waals surface area contributed by atoms with Crippen LogP contribution in [0.2, 0.25) is 5.02 Å². The number of aromatic nitrogens is 1. The van der Waals surface area contributed by atoms with Gasteiger partial charge in [-0.2, -0.15) is 9.04 Å². The first-order valence-corrected chi connectivity index (χ1v) is 14.1. The Morgan fingerprint density at radius 3 is 2.29 bits per heavy atom. The highest BCUT2D eigenvalue weighted by Gasteiger charge is 2.30. The molecule has 0 atom stereocenters. The van der Waals surface area contributed by atoms with Gasteiger partial charge in [-0.15, -0.1) is 0 Å². The fourth-order valence-corrected chi connectivity index (χ4v) is 6.31. The number of halogens is 1. The first kappa shape index (κ1) is 26.1. The molecule has 2 heterocycles. The molecule has 1 aliphatic rings. The van der Waals surface area contributed by atoms with E-state index in [0.717, 1.165) is 26.6 Å². The summed E-state index contributed by atoms with van der Waals surface area (Å²) in [6, 6.07) is 21.1. The number of nitrogens with two attached hydrogens (primary N) is 1. The van der Waals surface area contributed by atoms with Gasteiger partial charge in [0.25, 0.3) is 5.91 Å². The van der Waals surface area contributed by atoms with Crippen molar-refractivity contribution in [3.05, 3.63) is 100 Å². The van der Waals surface area contributed by atoms with E-state index in [-0.39, 0.29) is 23.9 Å². The molecular formula is C28H27ClN4O4S. The molecule has 38 heavy (non-hydrogen) atoms. The molecule has 0 radical (unpaired) electrons. The van der Waals surface area contributed by atoms with E-state index in [1.54, 1.807) is 65.6 Å². The van der Waals surface area contributed by atoms with Crippen LogP contribution in [0, 0.1) is 5.21 Å². The summed E-state index contributed by atoms with van der Waals surface area (Å²) in [6.07, 6.45) is 1.94. The van der Waals surface area contributed by atoms with Gasteiger partial charge in [-0.05, 0) is 58.3 Å². The van der Waals surface area contributed by atoms with E-state index < -0.39 is 10.0 Å². The molecule has 196 valence electrons. The van der Waals surface area contributed by atoms with Crippen LogP contribution in [0.1, 0.15) is 16.1 Å². The van der Waals surface area contributed by atoms with Crippen molar-refractivity contribution in [1.82, 2.24) is 9.21 Å². The maximum absolute atomic E-state index is 13.3. The number of hydrogen-bond donors (Lipinski definition) is 1. The molecule has 0 saturated carbocycles. The molecule has 2 N–H and O–H groups in total. The summed E-state index contributed by atoms with van der Waals surface area (Å²) >= 11 is 6.04. The molecular weight excluding hydrogens is 524 g/mol. The summed E-state index contributed by atoms with van der Waals surface area (Å²) in [7, 11) is -3.69. The van der Waals surface area contributed by atoms with Crippen molar-refractivity contribution < 1.29 is 17.9 Å². The standard InChI is InChI=1S/C28H27ClN4O4S/c29-25-7-5-23-19-27(8-6-22(23)17-25)38(36,37)32-15-13-31(14-16-32)28(34)21-3-1-20(2-4-21)24-10-12-33(35)26(18-24)9-11-30/h1-8,10,12,17-19H,9,11,13-16,30H2. The molecule has 0 bridgehead atoms. The Kier molecular flexibility index (Phi) is 7.36. The summed E-state index contributed by atoms with van der Waals surface area (Å²) in [5.74, 6) is -0.148. The Morgan fingerprint density at radius 1 is 0.895 bits per heavy atom. The van der Waals surface area contributed by atoms with Crippen LogP contribution in [0.3, 0.4) is 0 Å². The summed E-state index contributed by atoms with van der Waals surface area (Å²) in [5.41, 5.74) is 8.46. The second kappa shape index (κ2) is 10.7. The third-order valence-electron chi connectivity index (χ3n) is 6.80. The lowest BCUT2D eigenvalue weighted by atomic mass is 10.0. The summed E-state index contributed by atoms with van der Waals surface area (Å²) in [6.45, 7) is 1.41. The number of hydrogen-bond acceptors (Lipinski definition) is 5. The molecule has 0 spiro atoms. The summed E-state index contributed by atoms with van der Waals surface area (Å²) in [4.78, 5) is 15.0. The minimum atomic E-state index is -3.69. The Morgan fingerprint density at radius 2 is 1.58 bits per heavy atom. The molecule has 5 rings (SSSR count). The monoisotopic (exact) mass is 550 g/mol. The molecule has 4 aromatic rings. The van der Waals surface area contributed by atoms with Crippen LogP contribution in [-0.4, -0.2) is 56.3 Å². The van der Waals surface area contributed by atoms with E-state index in [2.05, 4.69) is 0 Å². The molecule has 0 aliphatic carbocycles.